The van der Waals surface area contributed by atoms with E-state index < -0.39 is 90.3 Å². The first-order valence-corrected chi connectivity index (χ1v) is 25.8. The van der Waals surface area contributed by atoms with Crippen LogP contribution in [0, 0.1) is 11.8 Å². The van der Waals surface area contributed by atoms with Gasteiger partial charge in [-0.15, -0.1) is 0 Å². The molecule has 0 saturated carbocycles. The number of aromatic hydroxyl groups is 1. The highest BCUT2D eigenvalue weighted by Gasteiger charge is 2.36. The van der Waals surface area contributed by atoms with Crippen LogP contribution in [0.5, 0.6) is 5.75 Å². The number of aromatic amines is 1. The largest absolute Gasteiger partial charge is 0.508 e. The lowest BCUT2D eigenvalue weighted by atomic mass is 9.99. The van der Waals surface area contributed by atoms with Crippen LogP contribution in [0.15, 0.2) is 84.4 Å². The molecule has 1 aliphatic rings. The van der Waals surface area contributed by atoms with Crippen molar-refractivity contribution in [1.82, 2.24) is 52.8 Å². The number of nitrogens with one attached hydrogen (secondary N) is 10. The Balaban J connectivity index is 1.61. The number of aliphatic hydroxyl groups excluding tert-OH is 1. The summed E-state index contributed by atoms with van der Waals surface area (Å²) in [5.41, 5.74) is 18.8. The number of hydrogen-bond donors (Lipinski definition) is 15. The lowest BCUT2D eigenvalue weighted by Crippen LogP contribution is -2.61. The Morgan fingerprint density at radius 3 is 1.84 bits per heavy atom. The van der Waals surface area contributed by atoms with E-state index in [1.54, 1.807) is 18.3 Å². The fraction of sp³-hybridized carbons (Fsp3) is 0.491. The van der Waals surface area contributed by atoms with Crippen molar-refractivity contribution >= 4 is 64.1 Å². The maximum absolute atomic E-state index is 14.5. The number of hydrogen-bond acceptors (Lipinski definition) is 13. The van der Waals surface area contributed by atoms with Crippen molar-refractivity contribution < 1.29 is 48.6 Å². The third kappa shape index (κ3) is 20.1. The maximum atomic E-state index is 14.5. The number of phenolic OH excluding ortho intramolecular Hbond substituents is 1. The first-order valence-electron chi connectivity index (χ1n) is 25.8. The van der Waals surface area contributed by atoms with E-state index >= 15 is 0 Å². The van der Waals surface area contributed by atoms with E-state index in [1.807, 2.05) is 46.8 Å². The number of amides is 8. The van der Waals surface area contributed by atoms with Crippen LogP contribution in [0.3, 0.4) is 0 Å². The summed E-state index contributed by atoms with van der Waals surface area (Å²) in [6.07, 6.45) is 5.45. The Morgan fingerprint density at radius 1 is 0.740 bits per heavy atom. The van der Waals surface area contributed by atoms with E-state index in [4.69, 9.17) is 17.2 Å². The summed E-state index contributed by atoms with van der Waals surface area (Å²) in [6.45, 7) is 12.3. The number of aliphatic imine (C=N–C) groups is 1. The normalized spacial score (nSPS) is 16.1. The van der Waals surface area contributed by atoms with Gasteiger partial charge in [0.1, 0.15) is 48.0 Å². The SMILES string of the molecule is C=CN/C(=C\N)CC(NC(=O)C1CCC(=O)N1)C(=O)NC(Cc1c[nH]c2ccccc12)C(=O)NC(CO)C(=O)NC(Cc1ccc(O)cc1)C(=O)NC(CC(C)C)C(=O)NC(CC(C)C)C(=O)NC(C)CCCN=C(N)N. The van der Waals surface area contributed by atoms with Crippen LogP contribution in [0.4, 0.5) is 0 Å². The summed E-state index contributed by atoms with van der Waals surface area (Å²) in [7, 11) is 0. The molecule has 1 aromatic heterocycles. The molecule has 24 heteroatoms. The van der Waals surface area contributed by atoms with Gasteiger partial charge in [0.25, 0.3) is 0 Å². The molecule has 24 nitrogen and oxygen atoms in total. The summed E-state index contributed by atoms with van der Waals surface area (Å²) in [5, 5.41) is 45.8. The molecule has 4 rings (SSSR count). The van der Waals surface area contributed by atoms with Crippen LogP contribution in [0.25, 0.3) is 10.9 Å². The number of H-pyrrole nitrogens is 1. The Labute approximate surface area is 448 Å². The minimum Gasteiger partial charge on any atom is -0.508 e. The number of phenols is 1. The number of aromatic nitrogens is 1. The van der Waals surface area contributed by atoms with Crippen LogP contribution < -0.4 is 65.1 Å². The van der Waals surface area contributed by atoms with Crippen molar-refractivity contribution in [2.24, 2.45) is 34.0 Å². The number of carbonyl (C=O) groups excluding carboxylic acids is 8. The summed E-state index contributed by atoms with van der Waals surface area (Å²) in [5.74, 6) is -5.92. The maximum Gasteiger partial charge on any atom is 0.245 e. The Morgan fingerprint density at radius 2 is 1.29 bits per heavy atom. The van der Waals surface area contributed by atoms with Crippen molar-refractivity contribution in [3.05, 3.63) is 90.5 Å². The number of guanidine groups is 1. The molecule has 1 aliphatic heterocycles. The zero-order chi connectivity index (χ0) is 56.8. The second kappa shape index (κ2) is 30.4. The van der Waals surface area contributed by atoms with Crippen molar-refractivity contribution in [3.63, 3.8) is 0 Å². The van der Waals surface area contributed by atoms with Gasteiger partial charge >= 0.3 is 0 Å². The summed E-state index contributed by atoms with van der Waals surface area (Å²) < 4.78 is 0. The summed E-state index contributed by atoms with van der Waals surface area (Å²) >= 11 is 0. The number of carbonyl (C=O) groups is 8. The van der Waals surface area contributed by atoms with Gasteiger partial charge in [0.2, 0.25) is 47.3 Å². The molecule has 0 spiro atoms. The monoisotopic (exact) mass is 1070 g/mol. The first-order chi connectivity index (χ1) is 36.6. The highest BCUT2D eigenvalue weighted by Crippen LogP contribution is 2.20. The quantitative estimate of drug-likeness (QED) is 0.0218. The van der Waals surface area contributed by atoms with Gasteiger partial charge < -0.3 is 80.2 Å². The Hall–Kier alpha value is -8.15. The van der Waals surface area contributed by atoms with E-state index in [9.17, 15) is 48.6 Å². The predicted octanol–water partition coefficient (Wildman–Crippen LogP) is -0.588. The number of nitrogens with zero attached hydrogens (tertiary/aromatic N) is 1. The van der Waals surface area contributed by atoms with Gasteiger partial charge in [-0.2, -0.15) is 0 Å². The average Bonchev–Trinajstić information content (AvgIpc) is 4.01. The van der Waals surface area contributed by atoms with Crippen molar-refractivity contribution in [1.29, 1.82) is 0 Å². The van der Waals surface area contributed by atoms with Crippen molar-refractivity contribution in [2.45, 2.75) is 141 Å². The standard InChI is InChI=1S/C53H78N14O10/c1-7-57-34(26-54)25-43(66-46(71)38-18-19-45(70)61-38)51(76)65-42(24-33-27-59-37-13-9-8-12-36(33)37)50(75)67-44(28-68)52(77)64-41(23-32-14-16-35(69)17-15-32)49(74)63-40(22-30(4)5)48(73)62-39(21-29(2)3)47(72)60-31(6)11-10-20-58-53(55)56/h7-9,12-17,26-27,29-31,38-44,57,59,68-69H,1,10-11,18-25,28,54H2,2-6H3,(H,60,72)(H,61,70)(H,62,73)(H,63,74)(H,64,77)(H,65,76)(H,66,71)(H,67,75)(H4,55,56,58)/b34-26-. The molecule has 18 N–H and O–H groups in total. The number of para-hydroxylation sites is 1. The molecule has 8 amide bonds. The van der Waals surface area contributed by atoms with Crippen LogP contribution >= 0.6 is 0 Å². The van der Waals surface area contributed by atoms with Crippen LogP contribution in [-0.4, -0.2) is 130 Å². The number of fused-ring (bicyclic) bond motifs is 1. The van der Waals surface area contributed by atoms with E-state index in [-0.39, 0.29) is 86.1 Å². The second-order valence-electron chi connectivity index (χ2n) is 20.0. The van der Waals surface area contributed by atoms with E-state index in [0.717, 1.165) is 10.9 Å². The molecule has 420 valence electrons. The number of nitrogens with two attached hydrogens (primary N) is 3. The fourth-order valence-corrected chi connectivity index (χ4v) is 8.61. The Bertz CT molecular complexity index is 2580. The van der Waals surface area contributed by atoms with Gasteiger partial charge in [0.15, 0.2) is 5.96 Å². The number of rotatable bonds is 31. The molecular weight excluding hydrogens is 993 g/mol. The minimum absolute atomic E-state index is 0.0177. The van der Waals surface area contributed by atoms with Gasteiger partial charge in [0.05, 0.1) is 6.61 Å². The summed E-state index contributed by atoms with van der Waals surface area (Å²) in [4.78, 5) is 118. The third-order valence-electron chi connectivity index (χ3n) is 12.6. The molecule has 2 aromatic carbocycles. The second-order valence-corrected chi connectivity index (χ2v) is 20.0. The average molecular weight is 1070 g/mol. The molecule has 1 fully saturated rings. The third-order valence-corrected chi connectivity index (χ3v) is 12.6. The molecule has 77 heavy (non-hydrogen) atoms. The number of aliphatic hydroxyl groups is 1. The van der Waals surface area contributed by atoms with Gasteiger partial charge in [-0.25, -0.2) is 0 Å². The predicted molar refractivity (Wildman–Crippen MR) is 290 cm³/mol. The van der Waals surface area contributed by atoms with Gasteiger partial charge in [0, 0.05) is 67.3 Å². The van der Waals surface area contributed by atoms with E-state index in [2.05, 4.69) is 64.4 Å². The molecule has 2 heterocycles. The first kappa shape index (κ1) is 61.4. The van der Waals surface area contributed by atoms with Crippen LogP contribution in [0.2, 0.25) is 0 Å². The highest BCUT2D eigenvalue weighted by molar-refractivity contribution is 5.98. The van der Waals surface area contributed by atoms with Gasteiger partial charge in [-0.05, 0) is 86.4 Å². The van der Waals surface area contributed by atoms with E-state index in [0.29, 0.717) is 30.5 Å². The summed E-state index contributed by atoms with van der Waals surface area (Å²) in [6, 6.07) is 3.68. The zero-order valence-electron chi connectivity index (χ0n) is 44.4. The lowest BCUT2D eigenvalue weighted by molar-refractivity contribution is -0.136. The van der Waals surface area contributed by atoms with Crippen molar-refractivity contribution in [3.8, 4) is 5.75 Å². The Kier molecular flexibility index (Phi) is 24.3. The van der Waals surface area contributed by atoms with Crippen LogP contribution in [-0.2, 0) is 51.2 Å². The van der Waals surface area contributed by atoms with Crippen molar-refractivity contribution in [2.75, 3.05) is 13.2 Å². The molecule has 0 aliphatic carbocycles. The smallest absolute Gasteiger partial charge is 0.245 e. The molecule has 8 unspecified atom stereocenters. The molecule has 0 bridgehead atoms. The number of benzene rings is 2. The van der Waals surface area contributed by atoms with Gasteiger partial charge in [-0.1, -0.05) is 64.6 Å². The minimum atomic E-state index is -1.72. The molecule has 0 radical (unpaired) electrons. The zero-order valence-corrected chi connectivity index (χ0v) is 44.4. The molecule has 3 aromatic rings. The molecule has 8 atom stereocenters. The fourth-order valence-electron chi connectivity index (χ4n) is 8.61. The van der Waals surface area contributed by atoms with Gasteiger partial charge in [-0.3, -0.25) is 43.3 Å². The molecule has 1 saturated heterocycles. The highest BCUT2D eigenvalue weighted by atomic mass is 16.3. The van der Waals surface area contributed by atoms with E-state index in [1.165, 1.54) is 36.7 Å². The van der Waals surface area contributed by atoms with Crippen LogP contribution in [0.1, 0.15) is 90.7 Å². The topological polar surface area (TPSA) is 391 Å². The molecular formula is C53H78N14O10. The lowest BCUT2D eigenvalue weighted by Gasteiger charge is -2.28.